The lowest BCUT2D eigenvalue weighted by Crippen LogP contribution is -2.42. The van der Waals surface area contributed by atoms with Crippen molar-refractivity contribution in [2.45, 2.75) is 46.2 Å². The zero-order valence-corrected chi connectivity index (χ0v) is 19.3. The number of nitrogens with one attached hydrogen (secondary N) is 2. The van der Waals surface area contributed by atoms with Gasteiger partial charge in [-0.3, -0.25) is 4.90 Å². The fourth-order valence-corrected chi connectivity index (χ4v) is 4.44. The number of hydrogen-bond donors (Lipinski definition) is 2. The molecule has 0 aliphatic carbocycles. The molecule has 1 aliphatic heterocycles. The van der Waals surface area contributed by atoms with Crippen LogP contribution in [0, 0.1) is 5.92 Å². The van der Waals surface area contributed by atoms with Gasteiger partial charge in [0.15, 0.2) is 5.96 Å². The second kappa shape index (κ2) is 11.9. The van der Waals surface area contributed by atoms with Gasteiger partial charge in [0.25, 0.3) is 0 Å². The molecule has 30 heavy (non-hydrogen) atoms. The number of aromatic nitrogens is 1. The molecule has 0 unspecified atom stereocenters. The van der Waals surface area contributed by atoms with E-state index in [1.54, 1.807) is 18.4 Å². The molecule has 2 aromatic rings. The maximum Gasteiger partial charge on any atom is 0.191 e. The summed E-state index contributed by atoms with van der Waals surface area (Å²) in [5.41, 5.74) is 1.35. The van der Waals surface area contributed by atoms with Crippen molar-refractivity contribution in [2.75, 3.05) is 33.3 Å². The second-order valence-corrected chi connectivity index (χ2v) is 8.92. The maximum absolute atomic E-state index is 5.25. The molecule has 7 heteroatoms. The molecule has 0 atom stereocenters. The van der Waals surface area contributed by atoms with E-state index in [9.17, 15) is 0 Å². The molecule has 0 radical (unpaired) electrons. The third-order valence-corrected chi connectivity index (χ3v) is 6.62. The minimum Gasteiger partial charge on any atom is -0.497 e. The van der Waals surface area contributed by atoms with Crippen molar-refractivity contribution in [3.8, 4) is 5.75 Å². The monoisotopic (exact) mass is 429 g/mol. The lowest BCUT2D eigenvalue weighted by atomic mass is 9.96. The summed E-state index contributed by atoms with van der Waals surface area (Å²) in [7, 11) is 1.71. The largest absolute Gasteiger partial charge is 0.497 e. The van der Waals surface area contributed by atoms with Crippen LogP contribution >= 0.6 is 11.3 Å². The highest BCUT2D eigenvalue weighted by Crippen LogP contribution is 2.20. The molecule has 0 saturated carbocycles. The number of thiazole rings is 1. The van der Waals surface area contributed by atoms with Gasteiger partial charge in [-0.2, -0.15) is 0 Å². The fraction of sp³-hybridized carbons (Fsp3) is 0.565. The summed E-state index contributed by atoms with van der Waals surface area (Å²) >= 11 is 1.76. The molecule has 1 aromatic carbocycles. The number of methoxy groups -OCH3 is 1. The Bertz CT molecular complexity index is 781. The van der Waals surface area contributed by atoms with Gasteiger partial charge in [0.05, 0.1) is 13.7 Å². The number of rotatable bonds is 9. The van der Waals surface area contributed by atoms with E-state index in [1.165, 1.54) is 23.3 Å². The molecule has 0 amide bonds. The first-order chi connectivity index (χ1) is 14.7. The Kier molecular flexibility index (Phi) is 8.96. The van der Waals surface area contributed by atoms with Crippen molar-refractivity contribution in [1.29, 1.82) is 0 Å². The third-order valence-electron chi connectivity index (χ3n) is 5.50. The molecular formula is C23H35N5OS. The first kappa shape index (κ1) is 22.6. The summed E-state index contributed by atoms with van der Waals surface area (Å²) in [4.78, 5) is 13.1. The van der Waals surface area contributed by atoms with E-state index >= 15 is 0 Å². The zero-order valence-electron chi connectivity index (χ0n) is 18.5. The standard InChI is InChI=1S/C23H35N5OS/c1-4-21-15-25-22(30-21)16-27-23(24-5-2)26-14-18-10-12-28(13-11-18)17-19-6-8-20(29-3)9-7-19/h6-9,15,18H,4-5,10-14,16-17H2,1-3H3,(H2,24,26,27). The van der Waals surface area contributed by atoms with Crippen LogP contribution in [0.15, 0.2) is 35.5 Å². The molecular weight excluding hydrogens is 394 g/mol. The van der Waals surface area contributed by atoms with Gasteiger partial charge in [0.1, 0.15) is 10.8 Å². The Morgan fingerprint density at radius 3 is 2.60 bits per heavy atom. The van der Waals surface area contributed by atoms with E-state index < -0.39 is 0 Å². The minimum absolute atomic E-state index is 0.639. The van der Waals surface area contributed by atoms with Crippen LogP contribution in [-0.4, -0.2) is 49.1 Å². The van der Waals surface area contributed by atoms with Gasteiger partial charge in [-0.1, -0.05) is 19.1 Å². The molecule has 0 bridgehead atoms. The number of nitrogens with zero attached hydrogens (tertiary/aromatic N) is 3. The highest BCUT2D eigenvalue weighted by Gasteiger charge is 2.19. The summed E-state index contributed by atoms with van der Waals surface area (Å²) < 4.78 is 5.25. The second-order valence-electron chi connectivity index (χ2n) is 7.72. The summed E-state index contributed by atoms with van der Waals surface area (Å²) in [6.45, 7) is 10.0. The number of aliphatic imine (C=N–C) groups is 1. The Hall–Kier alpha value is -2.12. The van der Waals surface area contributed by atoms with Crippen molar-refractivity contribution in [3.63, 3.8) is 0 Å². The van der Waals surface area contributed by atoms with Crippen LogP contribution in [0.1, 0.15) is 42.1 Å². The summed E-state index contributed by atoms with van der Waals surface area (Å²) in [6, 6.07) is 8.42. The van der Waals surface area contributed by atoms with Crippen LogP contribution in [0.3, 0.4) is 0 Å². The molecule has 0 spiro atoms. The first-order valence-corrected chi connectivity index (χ1v) is 11.8. The number of likely N-dealkylation sites (tertiary alicyclic amines) is 1. The normalized spacial score (nSPS) is 15.9. The van der Waals surface area contributed by atoms with Gasteiger partial charge in [-0.15, -0.1) is 11.3 Å². The van der Waals surface area contributed by atoms with Crippen LogP contribution in [0.5, 0.6) is 5.75 Å². The highest BCUT2D eigenvalue weighted by atomic mass is 32.1. The van der Waals surface area contributed by atoms with Gasteiger partial charge >= 0.3 is 0 Å². The number of hydrogen-bond acceptors (Lipinski definition) is 5. The van der Waals surface area contributed by atoms with E-state index in [1.807, 2.05) is 18.3 Å². The van der Waals surface area contributed by atoms with Crippen LogP contribution < -0.4 is 15.4 Å². The van der Waals surface area contributed by atoms with E-state index in [0.717, 1.165) is 55.9 Å². The van der Waals surface area contributed by atoms with Crippen LogP contribution in [0.4, 0.5) is 0 Å². The van der Waals surface area contributed by atoms with Gasteiger partial charge in [-0.25, -0.2) is 9.98 Å². The first-order valence-electron chi connectivity index (χ1n) is 11.0. The molecule has 1 aromatic heterocycles. The molecule has 2 N–H and O–H groups in total. The van der Waals surface area contributed by atoms with Crippen molar-refractivity contribution in [2.24, 2.45) is 10.9 Å². The predicted octanol–water partition coefficient (Wildman–Crippen LogP) is 3.68. The predicted molar refractivity (Wildman–Crippen MR) is 125 cm³/mol. The lowest BCUT2D eigenvalue weighted by Gasteiger charge is -2.32. The minimum atomic E-state index is 0.639. The van der Waals surface area contributed by atoms with Crippen LogP contribution in [-0.2, 0) is 19.5 Å². The third kappa shape index (κ3) is 6.99. The topological polar surface area (TPSA) is 61.8 Å². The van der Waals surface area contributed by atoms with Gasteiger partial charge in [-0.05, 0) is 62.9 Å². The van der Waals surface area contributed by atoms with Crippen molar-refractivity contribution >= 4 is 17.3 Å². The SMILES string of the molecule is CCNC(=NCc1ncc(CC)s1)NCC1CCN(Cc2ccc(OC)cc2)CC1. The smallest absolute Gasteiger partial charge is 0.191 e. The molecule has 3 rings (SSSR count). The number of ether oxygens (including phenoxy) is 1. The van der Waals surface area contributed by atoms with Gasteiger partial charge < -0.3 is 15.4 Å². The van der Waals surface area contributed by atoms with Crippen molar-refractivity contribution < 1.29 is 4.74 Å². The Balaban J connectivity index is 1.41. The zero-order chi connectivity index (χ0) is 21.2. The molecule has 1 saturated heterocycles. The van der Waals surface area contributed by atoms with Crippen LogP contribution in [0.2, 0.25) is 0 Å². The average Bonchev–Trinajstić information content (AvgIpc) is 3.25. The maximum atomic E-state index is 5.25. The highest BCUT2D eigenvalue weighted by molar-refractivity contribution is 7.11. The summed E-state index contributed by atoms with van der Waals surface area (Å²) in [5, 5.41) is 7.98. The van der Waals surface area contributed by atoms with Crippen molar-refractivity contribution in [3.05, 3.63) is 45.9 Å². The van der Waals surface area contributed by atoms with E-state index in [-0.39, 0.29) is 0 Å². The van der Waals surface area contributed by atoms with E-state index in [2.05, 4.69) is 46.5 Å². The van der Waals surface area contributed by atoms with Crippen molar-refractivity contribution in [1.82, 2.24) is 20.5 Å². The molecule has 2 heterocycles. The Morgan fingerprint density at radius 2 is 1.97 bits per heavy atom. The number of benzene rings is 1. The molecule has 1 aliphatic rings. The Labute approximate surface area is 184 Å². The van der Waals surface area contributed by atoms with Crippen LogP contribution in [0.25, 0.3) is 0 Å². The summed E-state index contributed by atoms with van der Waals surface area (Å²) in [6.07, 6.45) is 5.44. The fourth-order valence-electron chi connectivity index (χ4n) is 3.65. The molecule has 6 nitrogen and oxygen atoms in total. The molecule has 164 valence electrons. The summed E-state index contributed by atoms with van der Waals surface area (Å²) in [5.74, 6) is 2.50. The average molecular weight is 430 g/mol. The van der Waals surface area contributed by atoms with Gasteiger partial charge in [0.2, 0.25) is 0 Å². The molecule has 1 fully saturated rings. The quantitative estimate of drug-likeness (QED) is 0.470. The van der Waals surface area contributed by atoms with Gasteiger partial charge in [0, 0.05) is 30.7 Å². The number of guanidine groups is 1. The Morgan fingerprint density at radius 1 is 1.20 bits per heavy atom. The van der Waals surface area contributed by atoms with E-state index in [0.29, 0.717) is 12.5 Å². The van der Waals surface area contributed by atoms with E-state index in [4.69, 9.17) is 9.73 Å². The lowest BCUT2D eigenvalue weighted by molar-refractivity contribution is 0.178. The number of piperidine rings is 1. The number of aryl methyl sites for hydroxylation is 1.